The summed E-state index contributed by atoms with van der Waals surface area (Å²) < 4.78 is 6.23. The van der Waals surface area contributed by atoms with Crippen LogP contribution in [0.1, 0.15) is 19.4 Å². The van der Waals surface area contributed by atoms with Crippen LogP contribution in [-0.4, -0.2) is 27.2 Å². The summed E-state index contributed by atoms with van der Waals surface area (Å²) >= 11 is 0. The Labute approximate surface area is 154 Å². The molecule has 0 radical (unpaired) electrons. The van der Waals surface area contributed by atoms with E-state index < -0.39 is 0 Å². The van der Waals surface area contributed by atoms with E-state index in [0.717, 1.165) is 11.5 Å². The highest BCUT2D eigenvalue weighted by Gasteiger charge is 2.44. The zero-order valence-electron chi connectivity index (χ0n) is 15.6. The number of fused-ring (bicyclic) bond motifs is 4. The maximum atomic E-state index is 6.23. The molecule has 5 heteroatoms. The summed E-state index contributed by atoms with van der Waals surface area (Å²) in [6.07, 6.45) is 2.56. The monoisotopic (exact) mass is 343 g/mol. The summed E-state index contributed by atoms with van der Waals surface area (Å²) in [4.78, 5) is 7.10. The van der Waals surface area contributed by atoms with E-state index >= 15 is 0 Å². The molecule has 130 valence electrons. The molecule has 0 N–H and O–H groups in total. The molecule has 4 nitrogen and oxygen atoms in total. The van der Waals surface area contributed by atoms with Crippen LogP contribution in [0.15, 0.2) is 58.4 Å². The maximum absolute atomic E-state index is 6.23. The lowest BCUT2D eigenvalue weighted by atomic mass is 9.61. The maximum Gasteiger partial charge on any atom is 0.410 e. The predicted molar refractivity (Wildman–Crippen MR) is 111 cm³/mol. The van der Waals surface area contributed by atoms with Crippen LogP contribution in [0.3, 0.4) is 0 Å². The standard InChI is InChI=1S/C21H22BN3O/c1-14-13-17-16-9-5-8-12-20(16)26-21(17)24(4)22(14)25-15(2)23(3)18-10-6-7-11-19(18)25/h5-13,15H,1-4H3/t15-/m0/s1. The highest BCUT2D eigenvalue weighted by Crippen LogP contribution is 2.44. The van der Waals surface area contributed by atoms with Gasteiger partial charge in [-0.3, -0.25) is 0 Å². The molecular formula is C21H22BN3O. The minimum absolute atomic E-state index is 0.129. The van der Waals surface area contributed by atoms with E-state index in [4.69, 9.17) is 4.42 Å². The van der Waals surface area contributed by atoms with Crippen molar-refractivity contribution in [1.29, 1.82) is 0 Å². The first kappa shape index (κ1) is 15.4. The van der Waals surface area contributed by atoms with Crippen molar-refractivity contribution in [3.05, 3.63) is 59.6 Å². The van der Waals surface area contributed by atoms with Gasteiger partial charge in [0.2, 0.25) is 0 Å². The van der Waals surface area contributed by atoms with Crippen LogP contribution in [0.4, 0.5) is 17.3 Å². The van der Waals surface area contributed by atoms with Crippen LogP contribution in [0.2, 0.25) is 0 Å². The van der Waals surface area contributed by atoms with Crippen LogP contribution >= 0.6 is 0 Å². The van der Waals surface area contributed by atoms with E-state index in [1.165, 1.54) is 27.8 Å². The van der Waals surface area contributed by atoms with E-state index in [2.05, 4.69) is 84.9 Å². The average molecular weight is 343 g/mol. The molecule has 2 aliphatic heterocycles. The molecule has 2 aromatic carbocycles. The molecule has 0 bridgehead atoms. The van der Waals surface area contributed by atoms with Gasteiger partial charge >= 0.3 is 6.98 Å². The molecule has 0 amide bonds. The Hall–Kier alpha value is -2.82. The van der Waals surface area contributed by atoms with Crippen molar-refractivity contribution in [2.75, 3.05) is 28.6 Å². The molecule has 2 aliphatic rings. The van der Waals surface area contributed by atoms with Crippen LogP contribution in [0, 0.1) is 0 Å². The SMILES string of the molecule is CC1=Cc2c(oc3ccccc23)N(C)B1N1c2ccccc2N(C)[C@@H]1C. The van der Waals surface area contributed by atoms with Gasteiger partial charge in [0.1, 0.15) is 5.58 Å². The Morgan fingerprint density at radius 3 is 2.46 bits per heavy atom. The topological polar surface area (TPSA) is 22.9 Å². The van der Waals surface area contributed by atoms with Crippen LogP contribution < -0.4 is 14.5 Å². The van der Waals surface area contributed by atoms with Gasteiger partial charge in [0.05, 0.1) is 17.5 Å². The number of furan rings is 1. The summed E-state index contributed by atoms with van der Waals surface area (Å²) in [5.41, 5.74) is 6.00. The number of rotatable bonds is 1. The van der Waals surface area contributed by atoms with Crippen LogP contribution in [0.5, 0.6) is 0 Å². The lowest BCUT2D eigenvalue weighted by Crippen LogP contribution is -2.58. The van der Waals surface area contributed by atoms with E-state index in [9.17, 15) is 0 Å². The summed E-state index contributed by atoms with van der Waals surface area (Å²) in [6.45, 7) is 4.61. The fraction of sp³-hybridized carbons (Fsp3) is 0.238. The third-order valence-corrected chi connectivity index (χ3v) is 5.85. The molecule has 0 unspecified atom stereocenters. The number of para-hydroxylation sites is 3. The lowest BCUT2D eigenvalue weighted by molar-refractivity contribution is 0.617. The molecule has 0 saturated heterocycles. The Bertz CT molecular complexity index is 1040. The second kappa shape index (κ2) is 5.34. The van der Waals surface area contributed by atoms with E-state index in [1.54, 1.807) is 0 Å². The minimum Gasteiger partial charge on any atom is -0.441 e. The number of hydrogen-bond donors (Lipinski definition) is 0. The lowest BCUT2D eigenvalue weighted by Gasteiger charge is -2.39. The smallest absolute Gasteiger partial charge is 0.410 e. The Morgan fingerprint density at radius 2 is 1.65 bits per heavy atom. The second-order valence-electron chi connectivity index (χ2n) is 7.33. The molecule has 0 spiro atoms. The van der Waals surface area contributed by atoms with Crippen molar-refractivity contribution in [2.24, 2.45) is 0 Å². The van der Waals surface area contributed by atoms with Crippen molar-refractivity contribution >= 4 is 41.3 Å². The average Bonchev–Trinajstić information content (AvgIpc) is 3.13. The zero-order valence-corrected chi connectivity index (χ0v) is 15.6. The molecule has 0 fully saturated rings. The van der Waals surface area contributed by atoms with Crippen molar-refractivity contribution in [3.63, 3.8) is 0 Å². The number of anilines is 3. The van der Waals surface area contributed by atoms with Gasteiger partial charge in [-0.15, -0.1) is 0 Å². The Kier molecular flexibility index (Phi) is 3.17. The predicted octanol–water partition coefficient (Wildman–Crippen LogP) is 4.62. The molecule has 1 aromatic heterocycles. The van der Waals surface area contributed by atoms with Crippen LogP contribution in [0.25, 0.3) is 17.0 Å². The third-order valence-electron chi connectivity index (χ3n) is 5.85. The first-order valence-electron chi connectivity index (χ1n) is 9.10. The molecule has 0 saturated carbocycles. The quantitative estimate of drug-likeness (QED) is 0.602. The number of nitrogens with zero attached hydrogens (tertiary/aromatic N) is 3. The van der Waals surface area contributed by atoms with Crippen molar-refractivity contribution in [2.45, 2.75) is 20.0 Å². The van der Waals surface area contributed by atoms with E-state index in [0.29, 0.717) is 0 Å². The van der Waals surface area contributed by atoms with Gasteiger partial charge in [-0.05, 0) is 39.1 Å². The van der Waals surface area contributed by atoms with Crippen LogP contribution in [-0.2, 0) is 0 Å². The summed E-state index contributed by atoms with van der Waals surface area (Å²) in [5, 5.41) is 1.18. The van der Waals surface area contributed by atoms with Crippen molar-refractivity contribution in [1.82, 2.24) is 0 Å². The molecule has 5 rings (SSSR count). The number of benzene rings is 2. The second-order valence-corrected chi connectivity index (χ2v) is 7.33. The fourth-order valence-electron chi connectivity index (χ4n) is 4.48. The largest absolute Gasteiger partial charge is 0.441 e. The Morgan fingerprint density at radius 1 is 0.962 bits per heavy atom. The normalized spacial score (nSPS) is 19.1. The molecular weight excluding hydrogens is 321 g/mol. The van der Waals surface area contributed by atoms with Crippen molar-refractivity contribution < 1.29 is 4.42 Å². The number of hydrogen-bond acceptors (Lipinski definition) is 4. The molecule has 26 heavy (non-hydrogen) atoms. The Balaban J connectivity index is 1.66. The first-order valence-corrected chi connectivity index (χ1v) is 9.10. The van der Waals surface area contributed by atoms with Gasteiger partial charge in [0.25, 0.3) is 0 Å². The van der Waals surface area contributed by atoms with Gasteiger partial charge in [-0.2, -0.15) is 0 Å². The summed E-state index contributed by atoms with van der Waals surface area (Å²) in [6, 6.07) is 16.9. The van der Waals surface area contributed by atoms with Gasteiger partial charge in [0.15, 0.2) is 5.88 Å². The summed E-state index contributed by atoms with van der Waals surface area (Å²) in [5.74, 6) is 0.945. The number of allylic oxidation sites excluding steroid dienone is 1. The van der Waals surface area contributed by atoms with Gasteiger partial charge in [0, 0.05) is 18.0 Å². The van der Waals surface area contributed by atoms with E-state index in [-0.39, 0.29) is 13.1 Å². The highest BCUT2D eigenvalue weighted by molar-refractivity contribution is 6.76. The van der Waals surface area contributed by atoms with Crippen molar-refractivity contribution in [3.8, 4) is 0 Å². The molecule has 3 aromatic rings. The minimum atomic E-state index is 0.129. The third kappa shape index (κ3) is 1.91. The molecule has 3 heterocycles. The first-order chi connectivity index (χ1) is 12.6. The van der Waals surface area contributed by atoms with Gasteiger partial charge < -0.3 is 18.9 Å². The molecule has 1 atom stereocenters. The van der Waals surface area contributed by atoms with Gasteiger partial charge in [-0.1, -0.05) is 41.9 Å². The highest BCUT2D eigenvalue weighted by atomic mass is 16.4. The van der Waals surface area contributed by atoms with Gasteiger partial charge in [-0.25, -0.2) is 0 Å². The summed E-state index contributed by atoms with van der Waals surface area (Å²) in [7, 11) is 4.30. The fourth-order valence-corrected chi connectivity index (χ4v) is 4.48. The van der Waals surface area contributed by atoms with E-state index in [1.807, 2.05) is 12.1 Å². The zero-order chi connectivity index (χ0) is 18.0. The molecule has 0 aliphatic carbocycles.